The lowest BCUT2D eigenvalue weighted by Gasteiger charge is -2.10. The zero-order chi connectivity index (χ0) is 9.40. The van der Waals surface area contributed by atoms with Gasteiger partial charge >= 0.3 is 6.09 Å². The molecule has 71 valence electrons. The quantitative estimate of drug-likeness (QED) is 0.645. The summed E-state index contributed by atoms with van der Waals surface area (Å²) < 4.78 is 4.88. The Balaban J connectivity index is 3.33. The first-order chi connectivity index (χ1) is 5.70. The summed E-state index contributed by atoms with van der Waals surface area (Å²) in [7, 11) is 0. The zero-order valence-electron chi connectivity index (χ0n) is 7.93. The molecule has 0 aliphatic carbocycles. The van der Waals surface area contributed by atoms with E-state index in [1.807, 2.05) is 6.92 Å². The second-order valence-corrected chi connectivity index (χ2v) is 2.72. The Morgan fingerprint density at radius 2 is 2.25 bits per heavy atom. The number of amides is 1. The maximum atomic E-state index is 10.9. The zero-order valence-corrected chi connectivity index (χ0v) is 7.93. The van der Waals surface area contributed by atoms with Crippen molar-refractivity contribution in [1.29, 1.82) is 0 Å². The molecule has 0 aromatic heterocycles. The molecule has 1 radical (unpaired) electrons. The van der Waals surface area contributed by atoms with E-state index in [0.29, 0.717) is 6.54 Å². The molecule has 1 N–H and O–H groups in total. The van der Waals surface area contributed by atoms with Crippen molar-refractivity contribution < 1.29 is 9.53 Å². The molecule has 0 saturated carbocycles. The number of hydrogen-bond acceptors (Lipinski definition) is 2. The van der Waals surface area contributed by atoms with E-state index in [1.54, 1.807) is 0 Å². The molecule has 0 bridgehead atoms. The fourth-order valence-electron chi connectivity index (χ4n) is 0.644. The maximum Gasteiger partial charge on any atom is 0.407 e. The van der Waals surface area contributed by atoms with E-state index < -0.39 is 0 Å². The van der Waals surface area contributed by atoms with E-state index in [2.05, 4.69) is 19.2 Å². The minimum atomic E-state index is -0.356. The van der Waals surface area contributed by atoms with Crippen LogP contribution in [0, 0.1) is 6.92 Å². The minimum Gasteiger partial charge on any atom is -0.446 e. The number of carbonyl (C=O) groups is 1. The Morgan fingerprint density at radius 1 is 1.58 bits per heavy atom. The van der Waals surface area contributed by atoms with Crippen LogP contribution in [0.25, 0.3) is 0 Å². The number of ether oxygens (including phenoxy) is 1. The fraction of sp³-hybridized carbons (Fsp3) is 0.778. The lowest BCUT2D eigenvalue weighted by atomic mass is 10.3. The van der Waals surface area contributed by atoms with Crippen molar-refractivity contribution in [2.24, 2.45) is 0 Å². The number of unbranched alkanes of at least 4 members (excludes halogenated alkanes) is 1. The molecule has 0 saturated heterocycles. The molecule has 0 fully saturated rings. The second kappa shape index (κ2) is 6.95. The molecule has 12 heavy (non-hydrogen) atoms. The third kappa shape index (κ3) is 6.01. The van der Waals surface area contributed by atoms with Crippen molar-refractivity contribution in [2.75, 3.05) is 6.54 Å². The van der Waals surface area contributed by atoms with E-state index in [0.717, 1.165) is 19.3 Å². The third-order valence-corrected chi connectivity index (χ3v) is 1.53. The van der Waals surface area contributed by atoms with Gasteiger partial charge in [0.25, 0.3) is 0 Å². The lowest BCUT2D eigenvalue weighted by Crippen LogP contribution is -2.28. The summed E-state index contributed by atoms with van der Waals surface area (Å²) in [5.74, 6) is 0. The minimum absolute atomic E-state index is 0.230. The molecule has 0 aromatic carbocycles. The van der Waals surface area contributed by atoms with Gasteiger partial charge in [-0.05, 0) is 19.8 Å². The summed E-state index contributed by atoms with van der Waals surface area (Å²) in [5.41, 5.74) is 0. The summed E-state index contributed by atoms with van der Waals surface area (Å²) in [5, 5.41) is 2.65. The number of alkyl carbamates (subject to hydrolysis) is 1. The van der Waals surface area contributed by atoms with Crippen LogP contribution in [-0.4, -0.2) is 18.7 Å². The Bertz CT molecular complexity index is 126. The van der Waals surface area contributed by atoms with Crippen LogP contribution in [0.1, 0.15) is 33.1 Å². The molecule has 0 rings (SSSR count). The Hall–Kier alpha value is -0.730. The molecular weight excluding hydrogens is 154 g/mol. The fourth-order valence-corrected chi connectivity index (χ4v) is 0.644. The number of hydrogen-bond donors (Lipinski definition) is 1. The van der Waals surface area contributed by atoms with Gasteiger partial charge in [0.15, 0.2) is 0 Å². The Kier molecular flexibility index (Phi) is 6.53. The smallest absolute Gasteiger partial charge is 0.407 e. The van der Waals surface area contributed by atoms with Crippen LogP contribution in [0.15, 0.2) is 0 Å². The summed E-state index contributed by atoms with van der Waals surface area (Å²) in [6, 6.07) is 0. The molecule has 0 aliphatic rings. The number of carbonyl (C=O) groups excluding carboxylic acids is 1. The van der Waals surface area contributed by atoms with Gasteiger partial charge in [-0.2, -0.15) is 0 Å². The van der Waals surface area contributed by atoms with Crippen LogP contribution in [0.4, 0.5) is 4.79 Å². The monoisotopic (exact) mass is 172 g/mol. The van der Waals surface area contributed by atoms with Crippen molar-refractivity contribution in [3.05, 3.63) is 6.92 Å². The van der Waals surface area contributed by atoms with Gasteiger partial charge < -0.3 is 10.1 Å². The predicted octanol–water partition coefficient (Wildman–Crippen LogP) is 2.13. The standard InChI is InChI=1S/C9H18NO2/c1-4-6-7-10-9(11)12-8(3)5-2/h8H,3-7H2,1-2H3,(H,10,11). The third-order valence-electron chi connectivity index (χ3n) is 1.53. The average molecular weight is 172 g/mol. The van der Waals surface area contributed by atoms with Crippen LogP contribution in [0.2, 0.25) is 0 Å². The topological polar surface area (TPSA) is 38.3 Å². The van der Waals surface area contributed by atoms with Crippen molar-refractivity contribution in [3.63, 3.8) is 0 Å². The van der Waals surface area contributed by atoms with E-state index in [9.17, 15) is 4.79 Å². The van der Waals surface area contributed by atoms with Crippen LogP contribution in [0.3, 0.4) is 0 Å². The van der Waals surface area contributed by atoms with Gasteiger partial charge in [0.05, 0.1) is 0 Å². The molecule has 1 unspecified atom stereocenters. The molecule has 0 spiro atoms. The van der Waals surface area contributed by atoms with Gasteiger partial charge in [0, 0.05) is 6.54 Å². The average Bonchev–Trinajstić information content (AvgIpc) is 2.05. The molecule has 3 nitrogen and oxygen atoms in total. The van der Waals surface area contributed by atoms with Crippen molar-refractivity contribution in [3.8, 4) is 0 Å². The van der Waals surface area contributed by atoms with Crippen LogP contribution >= 0.6 is 0 Å². The number of rotatable bonds is 5. The van der Waals surface area contributed by atoms with Gasteiger partial charge in [0.1, 0.15) is 6.10 Å². The molecule has 0 heterocycles. The first-order valence-corrected chi connectivity index (χ1v) is 4.48. The summed E-state index contributed by atoms with van der Waals surface area (Å²) in [6.07, 6.45) is 2.23. The SMILES string of the molecule is [CH2]C(CC)OC(=O)NCCCC. The van der Waals surface area contributed by atoms with E-state index in [1.165, 1.54) is 0 Å². The first kappa shape index (κ1) is 11.3. The number of nitrogens with one attached hydrogen (secondary N) is 1. The van der Waals surface area contributed by atoms with Gasteiger partial charge in [-0.3, -0.25) is 0 Å². The highest BCUT2D eigenvalue weighted by Gasteiger charge is 2.05. The van der Waals surface area contributed by atoms with E-state index >= 15 is 0 Å². The Morgan fingerprint density at radius 3 is 2.75 bits per heavy atom. The maximum absolute atomic E-state index is 10.9. The van der Waals surface area contributed by atoms with Crippen LogP contribution in [-0.2, 0) is 4.74 Å². The van der Waals surface area contributed by atoms with Gasteiger partial charge in [-0.15, -0.1) is 0 Å². The van der Waals surface area contributed by atoms with Crippen LogP contribution in [0.5, 0.6) is 0 Å². The highest BCUT2D eigenvalue weighted by molar-refractivity contribution is 5.67. The van der Waals surface area contributed by atoms with E-state index in [-0.39, 0.29) is 12.2 Å². The summed E-state index contributed by atoms with van der Waals surface area (Å²) in [6.45, 7) is 8.33. The van der Waals surface area contributed by atoms with Gasteiger partial charge in [-0.25, -0.2) is 4.79 Å². The normalized spacial score (nSPS) is 12.2. The van der Waals surface area contributed by atoms with Crippen molar-refractivity contribution >= 4 is 6.09 Å². The molecule has 0 aliphatic heterocycles. The van der Waals surface area contributed by atoms with Crippen LogP contribution < -0.4 is 5.32 Å². The van der Waals surface area contributed by atoms with Crippen molar-refractivity contribution in [2.45, 2.75) is 39.2 Å². The Labute approximate surface area is 74.5 Å². The molecule has 1 atom stereocenters. The first-order valence-electron chi connectivity index (χ1n) is 4.48. The molecule has 1 amide bonds. The molecular formula is C9H18NO2. The highest BCUT2D eigenvalue weighted by Crippen LogP contribution is 1.95. The van der Waals surface area contributed by atoms with E-state index in [4.69, 9.17) is 4.74 Å². The molecule has 0 aromatic rings. The largest absolute Gasteiger partial charge is 0.446 e. The summed E-state index contributed by atoms with van der Waals surface area (Å²) in [4.78, 5) is 10.9. The second-order valence-electron chi connectivity index (χ2n) is 2.72. The van der Waals surface area contributed by atoms with Crippen molar-refractivity contribution in [1.82, 2.24) is 5.32 Å². The predicted molar refractivity (Wildman–Crippen MR) is 48.8 cm³/mol. The van der Waals surface area contributed by atoms with Gasteiger partial charge in [-0.1, -0.05) is 20.3 Å². The molecule has 3 heteroatoms. The summed E-state index contributed by atoms with van der Waals surface area (Å²) >= 11 is 0. The highest BCUT2D eigenvalue weighted by atomic mass is 16.6. The lowest BCUT2D eigenvalue weighted by molar-refractivity contribution is 0.116. The van der Waals surface area contributed by atoms with Gasteiger partial charge in [0.2, 0.25) is 0 Å².